The molecule has 0 aliphatic heterocycles. The van der Waals surface area contributed by atoms with Crippen LogP contribution in [0.3, 0.4) is 0 Å². The van der Waals surface area contributed by atoms with Crippen LogP contribution >= 0.6 is 11.4 Å². The maximum absolute atomic E-state index is 5.27. The van der Waals surface area contributed by atoms with Gasteiger partial charge in [-0.2, -0.15) is 0 Å². The van der Waals surface area contributed by atoms with E-state index in [1.54, 1.807) is 0 Å². The molecule has 0 saturated heterocycles. The average molecular weight is 482 g/mol. The van der Waals surface area contributed by atoms with Crippen molar-refractivity contribution < 1.29 is 35.2 Å². The van der Waals surface area contributed by atoms with Crippen LogP contribution in [0.1, 0.15) is 55.4 Å². The van der Waals surface area contributed by atoms with Gasteiger partial charge in [-0.05, 0) is 55.4 Å². The fourth-order valence-electron chi connectivity index (χ4n) is 1.08. The van der Waals surface area contributed by atoms with Crippen molar-refractivity contribution in [3.63, 3.8) is 0 Å². The quantitative estimate of drug-likeness (QED) is 0.265. The van der Waals surface area contributed by atoms with E-state index in [1.165, 1.54) is 0 Å². The molecule has 0 aromatic heterocycles. The van der Waals surface area contributed by atoms with Gasteiger partial charge in [-0.15, -0.1) is 0 Å². The van der Waals surface area contributed by atoms with Gasteiger partial charge in [0.2, 0.25) is 0 Å². The van der Waals surface area contributed by atoms with Crippen molar-refractivity contribution in [1.29, 1.82) is 0 Å². The average Bonchev–Trinajstić information content (AvgIpc) is 2.06. The Balaban J connectivity index is -0.000000333. The van der Waals surface area contributed by atoms with Crippen molar-refractivity contribution in [2.75, 3.05) is 0 Å². The summed E-state index contributed by atoms with van der Waals surface area (Å²) >= 11 is 19.9. The predicted octanol–water partition coefficient (Wildman–Crippen LogP) is 5.21. The van der Waals surface area contributed by atoms with E-state index in [9.17, 15) is 0 Å². The van der Waals surface area contributed by atoms with Crippen LogP contribution in [0.15, 0.2) is 0 Å². The van der Waals surface area contributed by atoms with E-state index in [1.807, 2.05) is 55.4 Å². The third-order valence-electron chi connectivity index (χ3n) is 1.36. The maximum Gasteiger partial charge on any atom is 2.00 e. The Kier molecular flexibility index (Phi) is 18.9. The molecule has 0 aliphatic carbocycles. The van der Waals surface area contributed by atoms with Crippen LogP contribution in [0.25, 0.3) is 0 Å². The first-order valence-corrected chi connectivity index (χ1v) is 14.3. The van der Waals surface area contributed by atoms with Gasteiger partial charge in [-0.1, -0.05) is 23.6 Å². The van der Waals surface area contributed by atoms with E-state index in [0.29, 0.717) is 0 Å². The largest absolute Gasteiger partial charge is 2.00 e. The number of rotatable bonds is 8. The standard InChI is InChI=1S/2C6H15O2PS2.Fe/c2*1-5(2)7-9(10,11)8-6(3)4;/h2*5-6H,1-4H3,(H,10,11);/q;;+2/p-2. The summed E-state index contributed by atoms with van der Waals surface area (Å²) in [5.74, 6) is 0. The first-order valence-electron chi connectivity index (χ1n) is 7.02. The van der Waals surface area contributed by atoms with Crippen LogP contribution < -0.4 is 0 Å². The summed E-state index contributed by atoms with van der Waals surface area (Å²) in [5.41, 5.74) is -4.78. The molecule has 0 spiro atoms. The van der Waals surface area contributed by atoms with E-state index >= 15 is 0 Å². The molecule has 0 heterocycles. The van der Waals surface area contributed by atoms with Crippen LogP contribution in [0.4, 0.5) is 0 Å². The van der Waals surface area contributed by atoms with Gasteiger partial charge in [0.1, 0.15) is 0 Å². The summed E-state index contributed by atoms with van der Waals surface area (Å²) in [6.07, 6.45) is 0.211. The zero-order chi connectivity index (χ0) is 18.1. The van der Waals surface area contributed by atoms with E-state index in [4.69, 9.17) is 66.2 Å². The Morgan fingerprint density at radius 1 is 0.565 bits per heavy atom. The molecule has 0 radical (unpaired) electrons. The molecule has 0 rings (SSSR count). The number of hydrogen-bond donors (Lipinski definition) is 0. The van der Waals surface area contributed by atoms with E-state index in [2.05, 4.69) is 0 Å². The van der Waals surface area contributed by atoms with Crippen molar-refractivity contribution in [3.8, 4) is 0 Å². The fraction of sp³-hybridized carbons (Fsp3) is 1.00. The molecule has 0 atom stereocenters. The van der Waals surface area contributed by atoms with Gasteiger partial charge < -0.3 is 42.6 Å². The summed E-state index contributed by atoms with van der Waals surface area (Å²) < 4.78 is 21.1. The molecular weight excluding hydrogens is 454 g/mol. The Bertz CT molecular complexity index is 331. The second kappa shape index (κ2) is 14.4. The number of hydrogen-bond acceptors (Lipinski definition) is 8. The van der Waals surface area contributed by atoms with E-state index in [0.717, 1.165) is 0 Å². The molecule has 0 bridgehead atoms. The SMILES string of the molecule is CC(C)OP(=S)([S-])OC(C)C.CC(C)OP(=S)([S-])OC(C)C.[Fe+2]. The molecular formula is C12H28FeO4P2S4. The topological polar surface area (TPSA) is 36.9 Å². The molecule has 11 heteroatoms. The summed E-state index contributed by atoms with van der Waals surface area (Å²) in [6.45, 7) is 15.2. The molecule has 0 amide bonds. The zero-order valence-corrected chi connectivity index (χ0v) is 21.0. The van der Waals surface area contributed by atoms with Crippen molar-refractivity contribution in [1.82, 2.24) is 0 Å². The Morgan fingerprint density at radius 2 is 0.696 bits per heavy atom. The molecule has 23 heavy (non-hydrogen) atoms. The van der Waals surface area contributed by atoms with Gasteiger partial charge in [0.15, 0.2) is 0 Å². The van der Waals surface area contributed by atoms with Gasteiger partial charge in [0.05, 0.1) is 35.8 Å². The molecule has 0 aromatic carbocycles. The Labute approximate surface area is 173 Å². The molecule has 4 nitrogen and oxygen atoms in total. The molecule has 0 saturated carbocycles. The van der Waals surface area contributed by atoms with Gasteiger partial charge >= 0.3 is 17.1 Å². The second-order valence-electron chi connectivity index (χ2n) is 5.51. The molecule has 0 fully saturated rings. The van der Waals surface area contributed by atoms with Crippen LogP contribution in [-0.2, 0) is 83.3 Å². The van der Waals surface area contributed by atoms with Crippen molar-refractivity contribution >= 4 is 59.5 Å². The van der Waals surface area contributed by atoms with Gasteiger partial charge in [-0.3, -0.25) is 0 Å². The van der Waals surface area contributed by atoms with Crippen molar-refractivity contribution in [2.45, 2.75) is 79.8 Å². The summed E-state index contributed by atoms with van der Waals surface area (Å²) in [7, 11) is 0. The third kappa shape index (κ3) is 24.4. The minimum atomic E-state index is -2.39. The normalized spacial score (nSPS) is 12.4. The predicted molar refractivity (Wildman–Crippen MR) is 108 cm³/mol. The molecule has 0 aromatic rings. The first kappa shape index (κ1) is 30.1. The van der Waals surface area contributed by atoms with Gasteiger partial charge in [-0.25, -0.2) is 0 Å². The minimum Gasteiger partial charge on any atom is -0.691 e. The summed E-state index contributed by atoms with van der Waals surface area (Å²) in [4.78, 5) is 0. The zero-order valence-electron chi connectivity index (χ0n) is 14.8. The minimum absolute atomic E-state index is 0. The maximum atomic E-state index is 5.27. The van der Waals surface area contributed by atoms with Crippen molar-refractivity contribution in [3.05, 3.63) is 0 Å². The van der Waals surface area contributed by atoms with Crippen LogP contribution in [0.2, 0.25) is 0 Å². The third-order valence-corrected chi connectivity index (χ3v) is 6.14. The van der Waals surface area contributed by atoms with E-state index in [-0.39, 0.29) is 41.5 Å². The Hall–Kier alpha value is 2.36. The van der Waals surface area contributed by atoms with Crippen LogP contribution in [0.5, 0.6) is 0 Å². The second-order valence-corrected chi connectivity index (χ2v) is 15.3. The fourth-order valence-corrected chi connectivity index (χ4v) is 7.38. The molecule has 0 N–H and O–H groups in total. The van der Waals surface area contributed by atoms with Crippen LogP contribution in [-0.4, -0.2) is 24.4 Å². The molecule has 0 unspecified atom stereocenters. The molecule has 0 aliphatic rings. The molecule has 142 valence electrons. The smallest absolute Gasteiger partial charge is 0.691 e. The van der Waals surface area contributed by atoms with Gasteiger partial charge in [0, 0.05) is 0 Å². The van der Waals surface area contributed by atoms with Gasteiger partial charge in [0.25, 0.3) is 0 Å². The Morgan fingerprint density at radius 3 is 0.783 bits per heavy atom. The van der Waals surface area contributed by atoms with E-state index < -0.39 is 11.4 Å². The van der Waals surface area contributed by atoms with Crippen LogP contribution in [0, 0.1) is 0 Å². The summed E-state index contributed by atoms with van der Waals surface area (Å²) in [5, 5.41) is 0. The first-order chi connectivity index (χ1) is 9.67. The monoisotopic (exact) mass is 482 g/mol. The van der Waals surface area contributed by atoms with Crippen molar-refractivity contribution in [2.24, 2.45) is 0 Å². The summed E-state index contributed by atoms with van der Waals surface area (Å²) in [6, 6.07) is 0.